The average Bonchev–Trinajstić information content (AvgIpc) is 2.80. The summed E-state index contributed by atoms with van der Waals surface area (Å²) in [6.45, 7) is 5.16. The fraction of sp³-hybridized carbons (Fsp3) is 0.400. The highest BCUT2D eigenvalue weighted by molar-refractivity contribution is 14.0. The lowest BCUT2D eigenvalue weighted by Gasteiger charge is -2.10. The molecule has 0 spiro atoms. The summed E-state index contributed by atoms with van der Waals surface area (Å²) >= 11 is 0. The van der Waals surface area contributed by atoms with Crippen molar-refractivity contribution in [1.29, 1.82) is 0 Å². The number of nitrogens with one attached hydrogen (secondary N) is 2. The van der Waals surface area contributed by atoms with Crippen LogP contribution in [0.2, 0.25) is 0 Å². The molecule has 0 radical (unpaired) electrons. The number of rotatable bonds is 6. The number of furan rings is 1. The zero-order chi connectivity index (χ0) is 16.9. The van der Waals surface area contributed by atoms with Crippen molar-refractivity contribution in [2.45, 2.75) is 20.4 Å². The van der Waals surface area contributed by atoms with Crippen LogP contribution >= 0.6 is 24.0 Å². The average molecular weight is 466 g/mol. The van der Waals surface area contributed by atoms with Gasteiger partial charge in [-0.15, -0.1) is 24.0 Å². The summed E-state index contributed by atoms with van der Waals surface area (Å²) in [6, 6.07) is 7.83. The van der Waals surface area contributed by atoms with Gasteiger partial charge in [0.25, 0.3) is 0 Å². The van der Waals surface area contributed by atoms with Gasteiger partial charge < -0.3 is 15.1 Å². The molecule has 0 aliphatic rings. The van der Waals surface area contributed by atoms with Gasteiger partial charge in [-0.05, 0) is 19.9 Å². The number of nitrogens with two attached hydrogens (primary N) is 1. The lowest BCUT2D eigenvalue weighted by Crippen LogP contribution is -2.40. The van der Waals surface area contributed by atoms with Crippen LogP contribution in [0.15, 0.2) is 33.7 Å². The van der Waals surface area contributed by atoms with E-state index in [0.29, 0.717) is 19.0 Å². The standard InChI is InChI=1S/C15H22N4O3S.HI/c1-3-17-15(18-8-9-23(16,20)21)19-10-14-11(2)12-6-4-5-7-13(12)22-14;/h4-7H,3,8-10H2,1-2H3,(H2,16,20,21)(H2,17,18,19);1H. The first-order valence-corrected chi connectivity index (χ1v) is 9.12. The third kappa shape index (κ3) is 5.95. The number of primary sulfonamides is 1. The smallest absolute Gasteiger partial charge is 0.210 e. The molecule has 0 aliphatic heterocycles. The highest BCUT2D eigenvalue weighted by Crippen LogP contribution is 2.25. The lowest BCUT2D eigenvalue weighted by molar-refractivity contribution is 0.548. The van der Waals surface area contributed by atoms with Crippen LogP contribution in [0.3, 0.4) is 0 Å². The molecular formula is C15H23IN4O3S. The van der Waals surface area contributed by atoms with Gasteiger partial charge in [0.2, 0.25) is 10.0 Å². The Bertz CT molecular complexity index is 802. The third-order valence-corrected chi connectivity index (χ3v) is 4.12. The number of halogens is 1. The number of fused-ring (bicyclic) bond motifs is 1. The van der Waals surface area contributed by atoms with Gasteiger partial charge in [-0.25, -0.2) is 18.5 Å². The zero-order valence-corrected chi connectivity index (χ0v) is 16.9. The minimum atomic E-state index is -3.49. The van der Waals surface area contributed by atoms with Gasteiger partial charge in [-0.1, -0.05) is 18.2 Å². The topological polar surface area (TPSA) is 110 Å². The van der Waals surface area contributed by atoms with E-state index in [4.69, 9.17) is 9.56 Å². The van der Waals surface area contributed by atoms with Crippen molar-refractivity contribution in [3.63, 3.8) is 0 Å². The second-order valence-electron chi connectivity index (χ2n) is 5.14. The molecule has 0 amide bonds. The van der Waals surface area contributed by atoms with Crippen molar-refractivity contribution in [1.82, 2.24) is 10.6 Å². The van der Waals surface area contributed by atoms with Gasteiger partial charge in [-0.2, -0.15) is 0 Å². The highest BCUT2D eigenvalue weighted by Gasteiger charge is 2.10. The van der Waals surface area contributed by atoms with Crippen LogP contribution < -0.4 is 15.8 Å². The lowest BCUT2D eigenvalue weighted by atomic mass is 10.1. The van der Waals surface area contributed by atoms with Crippen molar-refractivity contribution in [3.05, 3.63) is 35.6 Å². The number of sulfonamides is 1. The first kappa shape index (κ1) is 20.7. The fourth-order valence-electron chi connectivity index (χ4n) is 2.18. The summed E-state index contributed by atoms with van der Waals surface area (Å²) in [5.74, 6) is 1.16. The summed E-state index contributed by atoms with van der Waals surface area (Å²) in [5, 5.41) is 12.0. The maximum absolute atomic E-state index is 11.0. The van der Waals surface area contributed by atoms with Gasteiger partial charge >= 0.3 is 0 Å². The molecule has 0 aliphatic carbocycles. The number of guanidine groups is 1. The van der Waals surface area contributed by atoms with E-state index < -0.39 is 10.0 Å². The quantitative estimate of drug-likeness (QED) is 0.341. The second kappa shape index (κ2) is 9.23. The van der Waals surface area contributed by atoms with Crippen molar-refractivity contribution in [3.8, 4) is 0 Å². The minimum absolute atomic E-state index is 0. The van der Waals surface area contributed by atoms with Gasteiger partial charge in [0.05, 0.1) is 5.75 Å². The van der Waals surface area contributed by atoms with Gasteiger partial charge in [0.15, 0.2) is 5.96 Å². The Morgan fingerprint density at radius 1 is 1.29 bits per heavy atom. The van der Waals surface area contributed by atoms with Crippen LogP contribution in [-0.2, 0) is 16.6 Å². The van der Waals surface area contributed by atoms with Crippen LogP contribution in [-0.4, -0.2) is 33.2 Å². The van der Waals surface area contributed by atoms with Gasteiger partial charge in [-0.3, -0.25) is 0 Å². The maximum Gasteiger partial charge on any atom is 0.210 e. The number of aliphatic imine (C=N–C) groups is 1. The Morgan fingerprint density at radius 2 is 2.00 bits per heavy atom. The van der Waals surface area contributed by atoms with Crippen LogP contribution in [0, 0.1) is 6.92 Å². The molecule has 24 heavy (non-hydrogen) atoms. The summed E-state index contributed by atoms with van der Waals surface area (Å²) < 4.78 is 27.7. The van der Waals surface area contributed by atoms with Crippen molar-refractivity contribution in [2.75, 3.05) is 18.8 Å². The first-order valence-electron chi connectivity index (χ1n) is 7.40. The minimum Gasteiger partial charge on any atom is -0.459 e. The first-order chi connectivity index (χ1) is 10.9. The summed E-state index contributed by atoms with van der Waals surface area (Å²) in [6.07, 6.45) is 0. The Kier molecular flexibility index (Phi) is 7.97. The fourth-order valence-corrected chi connectivity index (χ4v) is 2.57. The largest absolute Gasteiger partial charge is 0.459 e. The van der Waals surface area contributed by atoms with Crippen LogP contribution in [0.5, 0.6) is 0 Å². The van der Waals surface area contributed by atoms with Crippen molar-refractivity contribution < 1.29 is 12.8 Å². The number of nitrogens with zero attached hydrogens (tertiary/aromatic N) is 1. The number of aryl methyl sites for hydroxylation is 1. The third-order valence-electron chi connectivity index (χ3n) is 3.35. The van der Waals surface area contributed by atoms with E-state index in [0.717, 1.165) is 22.3 Å². The number of hydrogen-bond acceptors (Lipinski definition) is 4. The number of hydrogen-bond donors (Lipinski definition) is 3. The van der Waals surface area contributed by atoms with E-state index in [1.165, 1.54) is 0 Å². The van der Waals surface area contributed by atoms with E-state index in [2.05, 4.69) is 15.6 Å². The number of benzene rings is 1. The normalized spacial score (nSPS) is 12.0. The van der Waals surface area contributed by atoms with Crippen molar-refractivity contribution in [2.24, 2.45) is 10.1 Å². The van der Waals surface area contributed by atoms with E-state index >= 15 is 0 Å². The Balaban J connectivity index is 0.00000288. The van der Waals surface area contributed by atoms with E-state index in [-0.39, 0.29) is 36.3 Å². The Morgan fingerprint density at radius 3 is 2.62 bits per heavy atom. The molecule has 0 atom stereocenters. The Labute approximate surface area is 159 Å². The van der Waals surface area contributed by atoms with Crippen LogP contribution in [0.25, 0.3) is 11.0 Å². The molecule has 9 heteroatoms. The second-order valence-corrected chi connectivity index (χ2v) is 6.87. The number of para-hydroxylation sites is 1. The van der Waals surface area contributed by atoms with Crippen molar-refractivity contribution >= 4 is 50.9 Å². The SMILES string of the molecule is CCNC(=NCc1oc2ccccc2c1C)NCCS(N)(=O)=O.I. The molecule has 1 aromatic heterocycles. The molecule has 7 nitrogen and oxygen atoms in total. The molecular weight excluding hydrogens is 443 g/mol. The van der Waals surface area contributed by atoms with Crippen LogP contribution in [0.4, 0.5) is 0 Å². The molecule has 0 bridgehead atoms. The molecule has 134 valence electrons. The van der Waals surface area contributed by atoms with E-state index in [1.54, 1.807) is 0 Å². The van der Waals surface area contributed by atoms with Gasteiger partial charge in [0, 0.05) is 24.0 Å². The zero-order valence-electron chi connectivity index (χ0n) is 13.7. The molecule has 4 N–H and O–H groups in total. The predicted octanol–water partition coefficient (Wildman–Crippen LogP) is 1.70. The van der Waals surface area contributed by atoms with Gasteiger partial charge in [0.1, 0.15) is 17.9 Å². The maximum atomic E-state index is 11.0. The van der Waals surface area contributed by atoms with Crippen LogP contribution in [0.1, 0.15) is 18.2 Å². The molecule has 1 heterocycles. The highest BCUT2D eigenvalue weighted by atomic mass is 127. The molecule has 0 fully saturated rings. The molecule has 0 saturated heterocycles. The predicted molar refractivity (Wildman–Crippen MR) is 107 cm³/mol. The summed E-state index contributed by atoms with van der Waals surface area (Å²) in [7, 11) is -3.49. The van der Waals surface area contributed by atoms with E-state index in [9.17, 15) is 8.42 Å². The molecule has 0 saturated carbocycles. The molecule has 0 unspecified atom stereocenters. The monoisotopic (exact) mass is 466 g/mol. The molecule has 2 rings (SSSR count). The molecule has 2 aromatic rings. The van der Waals surface area contributed by atoms with E-state index in [1.807, 2.05) is 38.1 Å². The molecule has 1 aromatic carbocycles. The Hall–Kier alpha value is -1.33. The summed E-state index contributed by atoms with van der Waals surface area (Å²) in [5.41, 5.74) is 1.90. The summed E-state index contributed by atoms with van der Waals surface area (Å²) in [4.78, 5) is 4.42.